The van der Waals surface area contributed by atoms with E-state index in [0.717, 1.165) is 22.2 Å². The molecule has 6 nitrogen and oxygen atoms in total. The molecule has 0 saturated heterocycles. The Morgan fingerprint density at radius 1 is 1.11 bits per heavy atom. The molecule has 0 fully saturated rings. The van der Waals surface area contributed by atoms with Crippen LogP contribution in [0.25, 0.3) is 10.9 Å². The summed E-state index contributed by atoms with van der Waals surface area (Å²) in [5.41, 5.74) is 9.67. The molecule has 0 aliphatic rings. The molecule has 4 aromatic rings. The normalized spacial score (nSPS) is 10.8. The van der Waals surface area contributed by atoms with Crippen LogP contribution in [0.1, 0.15) is 15.9 Å². The van der Waals surface area contributed by atoms with E-state index in [1.54, 1.807) is 31.4 Å². The van der Waals surface area contributed by atoms with Gasteiger partial charge in [0, 0.05) is 10.9 Å². The average molecular weight is 372 g/mol. The van der Waals surface area contributed by atoms with Gasteiger partial charge in [-0.05, 0) is 48.0 Å². The van der Waals surface area contributed by atoms with Gasteiger partial charge in [0.15, 0.2) is 0 Å². The smallest absolute Gasteiger partial charge is 0.255 e. The van der Waals surface area contributed by atoms with Gasteiger partial charge < -0.3 is 15.8 Å². The number of nitrogens with zero attached hydrogens (tertiary/aromatic N) is 2. The Morgan fingerprint density at radius 2 is 1.89 bits per heavy atom. The molecule has 140 valence electrons. The minimum Gasteiger partial charge on any atom is -0.497 e. The van der Waals surface area contributed by atoms with Crippen LogP contribution in [0.15, 0.2) is 72.9 Å². The summed E-state index contributed by atoms with van der Waals surface area (Å²) in [6, 6.07) is 20.5. The Labute approximate surface area is 162 Å². The molecule has 0 unspecified atom stereocenters. The number of para-hydroxylation sites is 2. The fourth-order valence-corrected chi connectivity index (χ4v) is 3.06. The van der Waals surface area contributed by atoms with Crippen molar-refractivity contribution >= 4 is 28.2 Å². The third kappa shape index (κ3) is 3.53. The van der Waals surface area contributed by atoms with E-state index >= 15 is 0 Å². The summed E-state index contributed by atoms with van der Waals surface area (Å²) >= 11 is 0. The minimum atomic E-state index is -0.193. The second-order valence-electron chi connectivity index (χ2n) is 6.47. The first kappa shape index (κ1) is 17.6. The number of amides is 1. The van der Waals surface area contributed by atoms with Gasteiger partial charge in [0.1, 0.15) is 5.75 Å². The number of methoxy groups -OCH3 is 1. The van der Waals surface area contributed by atoms with Crippen molar-refractivity contribution in [3.8, 4) is 5.75 Å². The zero-order valence-electron chi connectivity index (χ0n) is 15.4. The lowest BCUT2D eigenvalue weighted by Gasteiger charge is -2.09. The number of aromatic nitrogens is 2. The van der Waals surface area contributed by atoms with Gasteiger partial charge in [-0.3, -0.25) is 9.48 Å². The molecule has 0 aliphatic carbocycles. The quantitative estimate of drug-likeness (QED) is 0.520. The third-order valence-corrected chi connectivity index (χ3v) is 4.61. The van der Waals surface area contributed by atoms with Gasteiger partial charge in [0.2, 0.25) is 0 Å². The Morgan fingerprint density at radius 3 is 2.64 bits per heavy atom. The first-order chi connectivity index (χ1) is 13.6. The van der Waals surface area contributed by atoms with Gasteiger partial charge in [-0.2, -0.15) is 5.10 Å². The molecule has 0 bridgehead atoms. The maximum atomic E-state index is 12.4. The molecule has 3 aromatic carbocycles. The Bertz CT molecular complexity index is 1130. The summed E-state index contributed by atoms with van der Waals surface area (Å²) in [4.78, 5) is 12.4. The maximum absolute atomic E-state index is 12.4. The Kier molecular flexibility index (Phi) is 4.68. The van der Waals surface area contributed by atoms with E-state index < -0.39 is 0 Å². The van der Waals surface area contributed by atoms with Crippen LogP contribution < -0.4 is 15.8 Å². The number of carbonyl (C=O) groups is 1. The molecule has 0 aliphatic heterocycles. The zero-order valence-corrected chi connectivity index (χ0v) is 15.4. The van der Waals surface area contributed by atoms with Crippen LogP contribution in [0.3, 0.4) is 0 Å². The summed E-state index contributed by atoms with van der Waals surface area (Å²) in [5, 5.41) is 8.31. The number of carbonyl (C=O) groups excluding carboxylic acids is 1. The van der Waals surface area contributed by atoms with Gasteiger partial charge >= 0.3 is 0 Å². The monoisotopic (exact) mass is 372 g/mol. The van der Waals surface area contributed by atoms with Gasteiger partial charge in [-0.25, -0.2) is 0 Å². The number of nitrogens with two attached hydrogens (primary N) is 1. The molecule has 0 saturated carbocycles. The summed E-state index contributed by atoms with van der Waals surface area (Å²) in [6.45, 7) is 0.614. The summed E-state index contributed by atoms with van der Waals surface area (Å²) < 4.78 is 7.18. The second-order valence-corrected chi connectivity index (χ2v) is 6.47. The lowest BCUT2D eigenvalue weighted by Crippen LogP contribution is -2.13. The van der Waals surface area contributed by atoms with Gasteiger partial charge in [0.25, 0.3) is 5.91 Å². The van der Waals surface area contributed by atoms with Crippen molar-refractivity contribution in [2.24, 2.45) is 0 Å². The van der Waals surface area contributed by atoms with Crippen LogP contribution >= 0.6 is 0 Å². The standard InChI is InChI=1S/C22H20N4O2/c1-28-18-10-11-21-17(12-18)13-24-26(21)14-15-6-8-16(9-7-15)22(27)25-20-5-3-2-4-19(20)23/h2-13H,14,23H2,1H3,(H,25,27). The lowest BCUT2D eigenvalue weighted by molar-refractivity contribution is 0.102. The van der Waals surface area contributed by atoms with Crippen molar-refractivity contribution in [1.29, 1.82) is 0 Å². The molecule has 0 atom stereocenters. The number of rotatable bonds is 5. The van der Waals surface area contributed by atoms with E-state index in [1.807, 2.05) is 53.3 Å². The summed E-state index contributed by atoms with van der Waals surface area (Å²) in [5.74, 6) is 0.613. The molecule has 6 heteroatoms. The number of benzene rings is 3. The van der Waals surface area contributed by atoms with Crippen molar-refractivity contribution in [2.75, 3.05) is 18.2 Å². The molecule has 4 rings (SSSR count). The highest BCUT2D eigenvalue weighted by Crippen LogP contribution is 2.21. The number of fused-ring (bicyclic) bond motifs is 1. The first-order valence-corrected chi connectivity index (χ1v) is 8.88. The fraction of sp³-hybridized carbons (Fsp3) is 0.0909. The van der Waals surface area contributed by atoms with Crippen LogP contribution in [-0.2, 0) is 6.54 Å². The molecule has 3 N–H and O–H groups in total. The molecule has 1 heterocycles. The zero-order chi connectivity index (χ0) is 19.5. The van der Waals surface area contributed by atoms with Gasteiger partial charge in [-0.1, -0.05) is 24.3 Å². The van der Waals surface area contributed by atoms with E-state index in [4.69, 9.17) is 10.5 Å². The van der Waals surface area contributed by atoms with Crippen LogP contribution in [0.2, 0.25) is 0 Å². The topological polar surface area (TPSA) is 82.2 Å². The largest absolute Gasteiger partial charge is 0.497 e. The summed E-state index contributed by atoms with van der Waals surface area (Å²) in [7, 11) is 1.65. The molecule has 1 aromatic heterocycles. The second kappa shape index (κ2) is 7.44. The Hall–Kier alpha value is -3.80. The number of anilines is 2. The number of hydrogen-bond acceptors (Lipinski definition) is 4. The van der Waals surface area contributed by atoms with Gasteiger partial charge in [-0.15, -0.1) is 0 Å². The van der Waals surface area contributed by atoms with E-state index in [1.165, 1.54) is 0 Å². The summed E-state index contributed by atoms with van der Waals surface area (Å²) in [6.07, 6.45) is 1.82. The van der Waals surface area contributed by atoms with Crippen molar-refractivity contribution in [3.05, 3.63) is 84.1 Å². The predicted molar refractivity (Wildman–Crippen MR) is 111 cm³/mol. The lowest BCUT2D eigenvalue weighted by atomic mass is 10.1. The van der Waals surface area contributed by atoms with Crippen LogP contribution in [0, 0.1) is 0 Å². The third-order valence-electron chi connectivity index (χ3n) is 4.61. The molecular formula is C22H20N4O2. The molecule has 28 heavy (non-hydrogen) atoms. The van der Waals surface area contributed by atoms with Crippen LogP contribution in [0.4, 0.5) is 11.4 Å². The van der Waals surface area contributed by atoms with Crippen molar-refractivity contribution in [1.82, 2.24) is 9.78 Å². The number of ether oxygens (including phenoxy) is 1. The molecular weight excluding hydrogens is 352 g/mol. The van der Waals surface area contributed by atoms with E-state index in [9.17, 15) is 4.79 Å². The van der Waals surface area contributed by atoms with Gasteiger partial charge in [0.05, 0.1) is 36.7 Å². The van der Waals surface area contributed by atoms with Crippen molar-refractivity contribution < 1.29 is 9.53 Å². The maximum Gasteiger partial charge on any atom is 0.255 e. The van der Waals surface area contributed by atoms with Crippen molar-refractivity contribution in [2.45, 2.75) is 6.54 Å². The van der Waals surface area contributed by atoms with E-state index in [-0.39, 0.29) is 5.91 Å². The SMILES string of the molecule is COc1ccc2c(cnn2Cc2ccc(C(=O)Nc3ccccc3N)cc2)c1. The highest BCUT2D eigenvalue weighted by Gasteiger charge is 2.09. The van der Waals surface area contributed by atoms with Crippen molar-refractivity contribution in [3.63, 3.8) is 0 Å². The number of hydrogen-bond donors (Lipinski definition) is 2. The van der Waals surface area contributed by atoms with E-state index in [2.05, 4.69) is 10.4 Å². The van der Waals surface area contributed by atoms with E-state index in [0.29, 0.717) is 23.5 Å². The Balaban J connectivity index is 1.49. The highest BCUT2D eigenvalue weighted by atomic mass is 16.5. The molecule has 1 amide bonds. The number of nitrogens with one attached hydrogen (secondary N) is 1. The minimum absolute atomic E-state index is 0.193. The first-order valence-electron chi connectivity index (χ1n) is 8.88. The average Bonchev–Trinajstić information content (AvgIpc) is 3.12. The van der Waals surface area contributed by atoms with Crippen LogP contribution in [0.5, 0.6) is 5.75 Å². The molecule has 0 radical (unpaired) electrons. The highest BCUT2D eigenvalue weighted by molar-refractivity contribution is 6.05. The van der Waals surface area contributed by atoms with Crippen LogP contribution in [-0.4, -0.2) is 22.8 Å². The number of nitrogen functional groups attached to an aromatic ring is 1. The fourth-order valence-electron chi connectivity index (χ4n) is 3.06. The molecule has 0 spiro atoms. The predicted octanol–water partition coefficient (Wildman–Crippen LogP) is 3.93.